The second kappa shape index (κ2) is 13.3. The van der Waals surface area contributed by atoms with Crippen LogP contribution in [0.4, 0.5) is 0 Å². The molecule has 0 saturated carbocycles. The fraction of sp³-hybridized carbons (Fsp3) is 0.400. The predicted octanol–water partition coefficient (Wildman–Crippen LogP) is -0.144. The Morgan fingerprint density at radius 3 is 2.25 bits per heavy atom. The Labute approximate surface area is 93.9 Å². The van der Waals surface area contributed by atoms with Crippen molar-refractivity contribution in [3.8, 4) is 0 Å². The first kappa shape index (κ1) is 16.8. The zero-order chi connectivity index (χ0) is 12.8. The third-order valence-electron chi connectivity index (χ3n) is 1.11. The number of hydrogen-bond donors (Lipinski definition) is 4. The van der Waals surface area contributed by atoms with Gasteiger partial charge in [0.25, 0.3) is 0 Å². The molecular weight excluding hydrogens is 214 g/mol. The number of nitrogens with one attached hydrogen (secondary N) is 1. The van der Waals surface area contributed by atoms with Crippen LogP contribution in [-0.4, -0.2) is 47.0 Å². The smallest absolute Gasteiger partial charge is 0.328 e. The first-order chi connectivity index (χ1) is 7.54. The van der Waals surface area contributed by atoms with E-state index in [2.05, 4.69) is 5.32 Å². The Morgan fingerprint density at radius 2 is 1.88 bits per heavy atom. The summed E-state index contributed by atoms with van der Waals surface area (Å²) in [5.74, 6) is -1.82. The van der Waals surface area contributed by atoms with Crippen LogP contribution in [0.1, 0.15) is 6.92 Å². The zero-order valence-corrected chi connectivity index (χ0v) is 9.09. The number of carboxylic acid groups (broad SMARTS) is 2. The number of rotatable bonds is 6. The van der Waals surface area contributed by atoms with Crippen molar-refractivity contribution in [3.05, 3.63) is 24.3 Å². The highest BCUT2D eigenvalue weighted by Crippen LogP contribution is 1.74. The van der Waals surface area contributed by atoms with Crippen molar-refractivity contribution in [2.45, 2.75) is 6.92 Å². The summed E-state index contributed by atoms with van der Waals surface area (Å²) < 4.78 is 0. The van der Waals surface area contributed by atoms with Crippen LogP contribution in [0.25, 0.3) is 0 Å². The lowest BCUT2D eigenvalue weighted by Crippen LogP contribution is -2.25. The van der Waals surface area contributed by atoms with Crippen LogP contribution in [0.3, 0.4) is 0 Å². The van der Waals surface area contributed by atoms with Crippen molar-refractivity contribution in [3.63, 3.8) is 0 Å². The predicted molar refractivity (Wildman–Crippen MR) is 59.2 cm³/mol. The Kier molecular flexibility index (Phi) is 14.0. The molecule has 0 atom stereocenters. The molecular formula is C10H17NO5. The summed E-state index contributed by atoms with van der Waals surface area (Å²) in [6.07, 6.45) is 5.98. The Morgan fingerprint density at radius 1 is 1.25 bits per heavy atom. The molecule has 0 aromatic rings. The lowest BCUT2D eigenvalue weighted by molar-refractivity contribution is -0.136. The van der Waals surface area contributed by atoms with Gasteiger partial charge in [0, 0.05) is 12.6 Å². The lowest BCUT2D eigenvalue weighted by atomic mass is 10.4. The summed E-state index contributed by atoms with van der Waals surface area (Å²) >= 11 is 0. The van der Waals surface area contributed by atoms with Crippen LogP contribution in [0.15, 0.2) is 24.3 Å². The van der Waals surface area contributed by atoms with Crippen molar-refractivity contribution >= 4 is 11.9 Å². The molecule has 6 nitrogen and oxygen atoms in total. The minimum atomic E-state index is -0.914. The number of aliphatic carboxylic acids is 2. The highest BCUT2D eigenvalue weighted by atomic mass is 16.4. The van der Waals surface area contributed by atoms with Gasteiger partial charge in [0.1, 0.15) is 0 Å². The topological polar surface area (TPSA) is 107 Å². The SMILES string of the molecule is C/C=C/C=C/C(=O)O.O=C(O)CNCCO. The molecule has 0 bridgehead atoms. The molecule has 0 amide bonds. The van der Waals surface area contributed by atoms with E-state index in [1.165, 1.54) is 6.08 Å². The average Bonchev–Trinajstić information content (AvgIpc) is 2.18. The molecule has 0 spiro atoms. The van der Waals surface area contributed by atoms with Crippen LogP contribution >= 0.6 is 0 Å². The number of aliphatic hydroxyl groups excluding tert-OH is 1. The molecule has 0 radical (unpaired) electrons. The maximum atomic E-state index is 9.75. The molecule has 0 aromatic heterocycles. The maximum Gasteiger partial charge on any atom is 0.328 e. The van der Waals surface area contributed by atoms with E-state index in [9.17, 15) is 9.59 Å². The van der Waals surface area contributed by atoms with E-state index in [1.807, 2.05) is 6.92 Å². The van der Waals surface area contributed by atoms with Gasteiger partial charge >= 0.3 is 11.9 Å². The number of carbonyl (C=O) groups is 2. The number of allylic oxidation sites excluding steroid dienone is 3. The highest BCUT2D eigenvalue weighted by Gasteiger charge is 1.91. The van der Waals surface area contributed by atoms with Gasteiger partial charge < -0.3 is 20.6 Å². The molecule has 0 aliphatic rings. The standard InChI is InChI=1S/C6H8O2.C4H9NO3/c1-2-3-4-5-6(7)8;6-2-1-5-3-4(7)8/h2-5H,1H3,(H,7,8);5-6H,1-3H2,(H,7,8)/b3-2+,5-4+;. The molecule has 0 saturated heterocycles. The maximum absolute atomic E-state index is 9.75. The van der Waals surface area contributed by atoms with Crippen LogP contribution in [0, 0.1) is 0 Å². The van der Waals surface area contributed by atoms with Gasteiger partial charge in [-0.1, -0.05) is 18.2 Å². The van der Waals surface area contributed by atoms with Gasteiger partial charge in [0.05, 0.1) is 13.2 Å². The van der Waals surface area contributed by atoms with E-state index in [-0.39, 0.29) is 13.2 Å². The van der Waals surface area contributed by atoms with Crippen LogP contribution < -0.4 is 5.32 Å². The number of carboxylic acids is 2. The van der Waals surface area contributed by atoms with Crippen molar-refractivity contribution in [1.82, 2.24) is 5.32 Å². The quantitative estimate of drug-likeness (QED) is 0.288. The van der Waals surface area contributed by atoms with Crippen molar-refractivity contribution in [1.29, 1.82) is 0 Å². The summed E-state index contributed by atoms with van der Waals surface area (Å²) in [5, 5.41) is 26.6. The Balaban J connectivity index is 0. The lowest BCUT2D eigenvalue weighted by Gasteiger charge is -1.93. The monoisotopic (exact) mass is 231 g/mol. The molecule has 0 aliphatic heterocycles. The Hall–Kier alpha value is -1.66. The van der Waals surface area contributed by atoms with Gasteiger partial charge in [-0.25, -0.2) is 4.79 Å². The summed E-state index contributed by atoms with van der Waals surface area (Å²) in [4.78, 5) is 19.5. The second-order valence-corrected chi connectivity index (χ2v) is 2.52. The summed E-state index contributed by atoms with van der Waals surface area (Å²) in [5.41, 5.74) is 0. The van der Waals surface area contributed by atoms with E-state index < -0.39 is 11.9 Å². The molecule has 0 fully saturated rings. The van der Waals surface area contributed by atoms with Gasteiger partial charge in [0.15, 0.2) is 0 Å². The van der Waals surface area contributed by atoms with Crippen LogP contribution in [0.5, 0.6) is 0 Å². The third kappa shape index (κ3) is 22.8. The average molecular weight is 231 g/mol. The number of aliphatic hydroxyl groups is 1. The molecule has 6 heteroatoms. The first-order valence-corrected chi connectivity index (χ1v) is 4.60. The third-order valence-corrected chi connectivity index (χ3v) is 1.11. The zero-order valence-electron chi connectivity index (χ0n) is 9.09. The Bertz CT molecular complexity index is 248. The van der Waals surface area contributed by atoms with E-state index in [4.69, 9.17) is 15.3 Å². The second-order valence-electron chi connectivity index (χ2n) is 2.52. The van der Waals surface area contributed by atoms with E-state index in [0.717, 1.165) is 6.08 Å². The molecule has 0 unspecified atom stereocenters. The summed E-state index contributed by atoms with van der Waals surface area (Å²) in [7, 11) is 0. The van der Waals surface area contributed by atoms with E-state index >= 15 is 0 Å². The van der Waals surface area contributed by atoms with E-state index in [1.54, 1.807) is 12.2 Å². The molecule has 0 heterocycles. The fourth-order valence-electron chi connectivity index (χ4n) is 0.523. The van der Waals surface area contributed by atoms with E-state index in [0.29, 0.717) is 6.54 Å². The normalized spacial score (nSPS) is 10.1. The van der Waals surface area contributed by atoms with Crippen molar-refractivity contribution < 1.29 is 24.9 Å². The van der Waals surface area contributed by atoms with Gasteiger partial charge in [-0.3, -0.25) is 4.79 Å². The van der Waals surface area contributed by atoms with Gasteiger partial charge in [-0.2, -0.15) is 0 Å². The minimum absolute atomic E-state index is 0.0206. The summed E-state index contributed by atoms with van der Waals surface area (Å²) in [6, 6.07) is 0. The number of hydrogen-bond acceptors (Lipinski definition) is 4. The molecule has 16 heavy (non-hydrogen) atoms. The fourth-order valence-corrected chi connectivity index (χ4v) is 0.523. The molecule has 0 aliphatic carbocycles. The van der Waals surface area contributed by atoms with Gasteiger partial charge in [0.2, 0.25) is 0 Å². The molecule has 0 rings (SSSR count). The highest BCUT2D eigenvalue weighted by molar-refractivity contribution is 5.80. The minimum Gasteiger partial charge on any atom is -0.480 e. The van der Waals surface area contributed by atoms with Crippen molar-refractivity contribution in [2.75, 3.05) is 19.7 Å². The van der Waals surface area contributed by atoms with Gasteiger partial charge in [-0.05, 0) is 6.92 Å². The molecule has 0 aromatic carbocycles. The molecule has 4 N–H and O–H groups in total. The first-order valence-electron chi connectivity index (χ1n) is 4.60. The van der Waals surface area contributed by atoms with Crippen LogP contribution in [0.2, 0.25) is 0 Å². The van der Waals surface area contributed by atoms with Gasteiger partial charge in [-0.15, -0.1) is 0 Å². The largest absolute Gasteiger partial charge is 0.480 e. The summed E-state index contributed by atoms with van der Waals surface area (Å²) in [6.45, 7) is 2.06. The molecule has 92 valence electrons. The van der Waals surface area contributed by atoms with Crippen molar-refractivity contribution in [2.24, 2.45) is 0 Å². The van der Waals surface area contributed by atoms with Crippen LogP contribution in [-0.2, 0) is 9.59 Å².